The maximum atomic E-state index is 12.7. The summed E-state index contributed by atoms with van der Waals surface area (Å²) < 4.78 is 38.0. The van der Waals surface area contributed by atoms with Crippen LogP contribution in [-0.4, -0.2) is 40.9 Å². The van der Waals surface area contributed by atoms with E-state index in [0.717, 1.165) is 0 Å². The number of carbonyl (C=O) groups excluding carboxylic acids is 3. The lowest BCUT2D eigenvalue weighted by Crippen LogP contribution is -2.56. The first kappa shape index (κ1) is 14.5. The summed E-state index contributed by atoms with van der Waals surface area (Å²) in [4.78, 5) is 34.1. The molecule has 1 saturated heterocycles. The van der Waals surface area contributed by atoms with Crippen LogP contribution in [0.3, 0.4) is 0 Å². The molecule has 1 heterocycles. The van der Waals surface area contributed by atoms with E-state index >= 15 is 0 Å². The SMILES string of the molecule is CC(=O)CCCN1C(=O)NC(C)(C(F)(F)F)C1=O. The fourth-order valence-electron chi connectivity index (χ4n) is 1.58. The molecule has 0 aromatic rings. The van der Waals surface area contributed by atoms with E-state index in [1.54, 1.807) is 5.32 Å². The van der Waals surface area contributed by atoms with Gasteiger partial charge in [-0.05, 0) is 20.3 Å². The van der Waals surface area contributed by atoms with Crippen molar-refractivity contribution in [1.82, 2.24) is 10.2 Å². The van der Waals surface area contributed by atoms with Crippen LogP contribution >= 0.6 is 0 Å². The van der Waals surface area contributed by atoms with Crippen LogP contribution in [0, 0.1) is 0 Å². The van der Waals surface area contributed by atoms with Crippen molar-refractivity contribution < 1.29 is 27.6 Å². The molecule has 1 unspecified atom stereocenters. The Morgan fingerprint density at radius 1 is 1.39 bits per heavy atom. The number of halogens is 3. The van der Waals surface area contributed by atoms with E-state index < -0.39 is 23.7 Å². The largest absolute Gasteiger partial charge is 0.420 e. The average Bonchev–Trinajstić information content (AvgIpc) is 2.41. The number of alkyl halides is 3. The molecule has 0 bridgehead atoms. The minimum Gasteiger partial charge on any atom is -0.316 e. The molecule has 0 aliphatic carbocycles. The van der Waals surface area contributed by atoms with Gasteiger partial charge in [0.25, 0.3) is 5.91 Å². The van der Waals surface area contributed by atoms with Crippen LogP contribution in [0.2, 0.25) is 0 Å². The molecule has 1 aliphatic heterocycles. The van der Waals surface area contributed by atoms with Crippen LogP contribution in [-0.2, 0) is 9.59 Å². The van der Waals surface area contributed by atoms with E-state index in [9.17, 15) is 27.6 Å². The van der Waals surface area contributed by atoms with Gasteiger partial charge in [-0.2, -0.15) is 13.2 Å². The number of amides is 3. The molecule has 18 heavy (non-hydrogen) atoms. The number of ketones is 1. The standard InChI is InChI=1S/C10H13F3N2O3/c1-6(16)4-3-5-15-7(17)9(2,10(11,12)13)14-8(15)18/h3-5H2,1-2H3,(H,14,18). The molecule has 3 amide bonds. The van der Waals surface area contributed by atoms with Gasteiger partial charge < -0.3 is 10.1 Å². The Morgan fingerprint density at radius 3 is 2.33 bits per heavy atom. The lowest BCUT2D eigenvalue weighted by Gasteiger charge is -2.24. The molecule has 0 saturated carbocycles. The number of hydrogen-bond acceptors (Lipinski definition) is 3. The van der Waals surface area contributed by atoms with Gasteiger partial charge in [0, 0.05) is 13.0 Å². The summed E-state index contributed by atoms with van der Waals surface area (Å²) in [6.07, 6.45) is -4.59. The second-order valence-electron chi connectivity index (χ2n) is 4.32. The third-order valence-electron chi connectivity index (χ3n) is 2.75. The van der Waals surface area contributed by atoms with Crippen LogP contribution in [0.25, 0.3) is 0 Å². The van der Waals surface area contributed by atoms with Gasteiger partial charge in [0.1, 0.15) is 5.78 Å². The summed E-state index contributed by atoms with van der Waals surface area (Å²) in [5, 5.41) is 1.64. The first-order chi connectivity index (χ1) is 8.09. The topological polar surface area (TPSA) is 66.5 Å². The summed E-state index contributed by atoms with van der Waals surface area (Å²) in [6, 6.07) is -1.08. The number of hydrogen-bond donors (Lipinski definition) is 1. The molecule has 5 nitrogen and oxygen atoms in total. The van der Waals surface area contributed by atoms with E-state index in [4.69, 9.17) is 0 Å². The lowest BCUT2D eigenvalue weighted by molar-refractivity contribution is -0.191. The predicted molar refractivity (Wildman–Crippen MR) is 54.6 cm³/mol. The molecule has 1 aliphatic rings. The highest BCUT2D eigenvalue weighted by molar-refractivity contribution is 6.07. The van der Waals surface area contributed by atoms with Crippen molar-refractivity contribution in [3.63, 3.8) is 0 Å². The number of carbonyl (C=O) groups is 3. The molecule has 102 valence electrons. The quantitative estimate of drug-likeness (QED) is 0.778. The van der Waals surface area contributed by atoms with Crippen molar-refractivity contribution in [1.29, 1.82) is 0 Å². The number of Topliss-reactive ketones (excluding diaryl/α,β-unsaturated/α-hetero) is 1. The zero-order valence-corrected chi connectivity index (χ0v) is 9.93. The Labute approximate surface area is 101 Å². The molecule has 1 atom stereocenters. The normalized spacial score (nSPS) is 24.4. The molecule has 0 radical (unpaired) electrons. The summed E-state index contributed by atoms with van der Waals surface area (Å²) >= 11 is 0. The zero-order chi connectivity index (χ0) is 14.1. The molecular formula is C10H13F3N2O3. The second-order valence-corrected chi connectivity index (χ2v) is 4.32. The Kier molecular flexibility index (Phi) is 3.68. The minimum absolute atomic E-state index is 0.111. The number of urea groups is 1. The Bertz CT molecular complexity index is 394. The van der Waals surface area contributed by atoms with Crippen molar-refractivity contribution >= 4 is 17.7 Å². The van der Waals surface area contributed by atoms with Crippen LogP contribution in [0.5, 0.6) is 0 Å². The molecule has 0 aromatic heterocycles. The number of nitrogens with one attached hydrogen (secondary N) is 1. The zero-order valence-electron chi connectivity index (χ0n) is 9.93. The third-order valence-corrected chi connectivity index (χ3v) is 2.75. The Hall–Kier alpha value is -1.60. The van der Waals surface area contributed by atoms with Crippen LogP contribution in [0.15, 0.2) is 0 Å². The first-order valence-electron chi connectivity index (χ1n) is 5.30. The monoisotopic (exact) mass is 266 g/mol. The lowest BCUT2D eigenvalue weighted by atomic mass is 10.0. The van der Waals surface area contributed by atoms with Gasteiger partial charge in [-0.3, -0.25) is 9.69 Å². The summed E-state index contributed by atoms with van der Waals surface area (Å²) in [5.74, 6) is -1.48. The molecule has 8 heteroatoms. The van der Waals surface area contributed by atoms with E-state index in [1.165, 1.54) is 6.92 Å². The van der Waals surface area contributed by atoms with Crippen LogP contribution in [0.4, 0.5) is 18.0 Å². The Balaban J connectivity index is 2.76. The maximum absolute atomic E-state index is 12.7. The second kappa shape index (κ2) is 4.58. The first-order valence-corrected chi connectivity index (χ1v) is 5.30. The van der Waals surface area contributed by atoms with Crippen molar-refractivity contribution in [2.75, 3.05) is 6.54 Å². The highest BCUT2D eigenvalue weighted by atomic mass is 19.4. The van der Waals surface area contributed by atoms with Gasteiger partial charge in [-0.25, -0.2) is 4.79 Å². The number of rotatable bonds is 4. The van der Waals surface area contributed by atoms with E-state index in [1.807, 2.05) is 0 Å². The molecule has 0 spiro atoms. The van der Waals surface area contributed by atoms with Crippen LogP contribution in [0.1, 0.15) is 26.7 Å². The van der Waals surface area contributed by atoms with Gasteiger partial charge in [0.15, 0.2) is 0 Å². The van der Waals surface area contributed by atoms with Crippen molar-refractivity contribution in [3.8, 4) is 0 Å². The van der Waals surface area contributed by atoms with Crippen LogP contribution < -0.4 is 5.32 Å². The predicted octanol–water partition coefficient (Wildman–Crippen LogP) is 1.23. The molecule has 1 fully saturated rings. The highest BCUT2D eigenvalue weighted by Crippen LogP contribution is 2.35. The van der Waals surface area contributed by atoms with E-state index in [2.05, 4.69) is 0 Å². The molecule has 1 rings (SSSR count). The number of imide groups is 1. The molecule has 1 N–H and O–H groups in total. The smallest absolute Gasteiger partial charge is 0.316 e. The number of nitrogens with zero attached hydrogens (tertiary/aromatic N) is 1. The average molecular weight is 266 g/mol. The minimum atomic E-state index is -4.85. The summed E-state index contributed by atoms with van der Waals surface area (Å²) in [7, 11) is 0. The Morgan fingerprint density at radius 2 is 1.94 bits per heavy atom. The fraction of sp³-hybridized carbons (Fsp3) is 0.700. The van der Waals surface area contributed by atoms with Crippen molar-refractivity contribution in [2.24, 2.45) is 0 Å². The van der Waals surface area contributed by atoms with Gasteiger partial charge in [0.2, 0.25) is 5.54 Å². The van der Waals surface area contributed by atoms with Gasteiger partial charge in [-0.1, -0.05) is 0 Å². The van der Waals surface area contributed by atoms with Gasteiger partial charge >= 0.3 is 12.2 Å². The van der Waals surface area contributed by atoms with Gasteiger partial charge in [0.05, 0.1) is 0 Å². The maximum Gasteiger partial charge on any atom is 0.420 e. The van der Waals surface area contributed by atoms with Gasteiger partial charge in [-0.15, -0.1) is 0 Å². The van der Waals surface area contributed by atoms with Crippen molar-refractivity contribution in [3.05, 3.63) is 0 Å². The third kappa shape index (κ3) is 2.46. The summed E-state index contributed by atoms with van der Waals surface area (Å²) in [6.45, 7) is 1.75. The van der Waals surface area contributed by atoms with E-state index in [-0.39, 0.29) is 25.2 Å². The van der Waals surface area contributed by atoms with Crippen molar-refractivity contribution in [2.45, 2.75) is 38.4 Å². The highest BCUT2D eigenvalue weighted by Gasteiger charge is 2.64. The molecule has 0 aromatic carbocycles. The van der Waals surface area contributed by atoms with E-state index in [0.29, 0.717) is 11.8 Å². The fourth-order valence-corrected chi connectivity index (χ4v) is 1.58. The molecular weight excluding hydrogens is 253 g/mol. The summed E-state index contributed by atoms with van der Waals surface area (Å²) in [5.41, 5.74) is -2.87.